The zero-order valence-corrected chi connectivity index (χ0v) is 13.6. The van der Waals surface area contributed by atoms with E-state index in [0.717, 1.165) is 44.0 Å². The summed E-state index contributed by atoms with van der Waals surface area (Å²) in [4.78, 5) is 15.1. The van der Waals surface area contributed by atoms with Crippen molar-refractivity contribution < 1.29 is 9.47 Å². The molecule has 4 rings (SSSR count). The maximum Gasteiger partial charge on any atom is 0.147 e. The van der Waals surface area contributed by atoms with E-state index in [9.17, 15) is 0 Å². The van der Waals surface area contributed by atoms with Gasteiger partial charge in [0, 0.05) is 37.3 Å². The summed E-state index contributed by atoms with van der Waals surface area (Å²) in [7, 11) is 0. The van der Waals surface area contributed by atoms with Gasteiger partial charge in [0.1, 0.15) is 5.82 Å². The number of morpholine rings is 1. The molecule has 2 fully saturated rings. The minimum Gasteiger partial charge on any atom is -0.376 e. The molecule has 126 valence electrons. The van der Waals surface area contributed by atoms with Gasteiger partial charge in [0.05, 0.1) is 38.2 Å². The lowest BCUT2D eigenvalue weighted by molar-refractivity contribution is -0.0309. The highest BCUT2D eigenvalue weighted by atomic mass is 16.5. The summed E-state index contributed by atoms with van der Waals surface area (Å²) in [5.41, 5.74) is 1.11. The van der Waals surface area contributed by atoms with E-state index in [0.29, 0.717) is 18.6 Å². The second kappa shape index (κ2) is 7.23. The first-order chi connectivity index (χ1) is 11.9. The number of hydrogen-bond donors (Lipinski definition) is 0. The van der Waals surface area contributed by atoms with Crippen LogP contribution in [0.15, 0.2) is 43.1 Å². The number of ether oxygens (including phenoxy) is 2. The fourth-order valence-electron chi connectivity index (χ4n) is 3.77. The predicted molar refractivity (Wildman–Crippen MR) is 89.5 cm³/mol. The van der Waals surface area contributed by atoms with Crippen molar-refractivity contribution in [2.75, 3.05) is 24.7 Å². The highest BCUT2D eigenvalue weighted by Gasteiger charge is 2.43. The van der Waals surface area contributed by atoms with E-state index in [4.69, 9.17) is 9.47 Å². The summed E-state index contributed by atoms with van der Waals surface area (Å²) in [6.07, 6.45) is 11.4. The van der Waals surface area contributed by atoms with Gasteiger partial charge in [-0.25, -0.2) is 4.98 Å². The van der Waals surface area contributed by atoms with Crippen LogP contribution in [0.25, 0.3) is 0 Å². The highest BCUT2D eigenvalue weighted by Crippen LogP contribution is 2.36. The molecular weight excluding hydrogens is 304 g/mol. The minimum absolute atomic E-state index is 0.217. The lowest BCUT2D eigenvalue weighted by Crippen LogP contribution is -2.51. The Labute approximate surface area is 141 Å². The van der Waals surface area contributed by atoms with Crippen LogP contribution in [0.2, 0.25) is 0 Å². The van der Waals surface area contributed by atoms with Crippen LogP contribution in [0.1, 0.15) is 18.4 Å². The molecule has 6 nitrogen and oxygen atoms in total. The maximum atomic E-state index is 6.09. The van der Waals surface area contributed by atoms with Crippen molar-refractivity contribution in [1.29, 1.82) is 0 Å². The first-order valence-electron chi connectivity index (χ1n) is 8.53. The molecule has 0 unspecified atom stereocenters. The standard InChI is InChI=1S/C18H22N4O2/c1-2-14(10-19-5-1)12-23-13-15-3-4-16-18(15)24-9-8-22(16)17-11-20-6-7-21-17/h1-2,5-7,10-11,15-16,18H,3-4,8-9,12-13H2/t15-,16+,18-/m0/s1. The van der Waals surface area contributed by atoms with Crippen LogP contribution in [0.3, 0.4) is 0 Å². The van der Waals surface area contributed by atoms with Gasteiger partial charge in [0.15, 0.2) is 0 Å². The molecule has 0 bridgehead atoms. The number of rotatable bonds is 5. The van der Waals surface area contributed by atoms with Gasteiger partial charge in [-0.15, -0.1) is 0 Å². The molecular formula is C18H22N4O2. The Morgan fingerprint density at radius 1 is 1.17 bits per heavy atom. The lowest BCUT2D eigenvalue weighted by atomic mass is 10.0. The third-order valence-electron chi connectivity index (χ3n) is 4.89. The Bertz CT molecular complexity index is 640. The van der Waals surface area contributed by atoms with Crippen molar-refractivity contribution in [2.24, 2.45) is 5.92 Å². The molecule has 2 aromatic heterocycles. The molecule has 1 aliphatic heterocycles. The molecule has 3 atom stereocenters. The second-order valence-corrected chi connectivity index (χ2v) is 6.37. The van der Waals surface area contributed by atoms with E-state index in [-0.39, 0.29) is 6.10 Å². The molecule has 3 heterocycles. The van der Waals surface area contributed by atoms with Crippen LogP contribution in [0.5, 0.6) is 0 Å². The number of nitrogens with zero attached hydrogens (tertiary/aromatic N) is 4. The molecule has 6 heteroatoms. The zero-order valence-electron chi connectivity index (χ0n) is 13.6. The molecule has 1 saturated heterocycles. The third-order valence-corrected chi connectivity index (χ3v) is 4.89. The summed E-state index contributed by atoms with van der Waals surface area (Å²) in [5, 5.41) is 0. The Balaban J connectivity index is 1.36. The highest BCUT2D eigenvalue weighted by molar-refractivity contribution is 5.38. The Kier molecular flexibility index (Phi) is 4.66. The topological polar surface area (TPSA) is 60.4 Å². The zero-order chi connectivity index (χ0) is 16.2. The molecule has 0 amide bonds. The average molecular weight is 326 g/mol. The van der Waals surface area contributed by atoms with Crippen LogP contribution in [0.4, 0.5) is 5.82 Å². The number of aromatic nitrogens is 3. The lowest BCUT2D eigenvalue weighted by Gasteiger charge is -2.39. The largest absolute Gasteiger partial charge is 0.376 e. The summed E-state index contributed by atoms with van der Waals surface area (Å²) in [6.45, 7) is 2.94. The van der Waals surface area contributed by atoms with Crippen molar-refractivity contribution in [1.82, 2.24) is 15.0 Å². The van der Waals surface area contributed by atoms with Gasteiger partial charge in [-0.2, -0.15) is 0 Å². The first kappa shape index (κ1) is 15.5. The molecule has 1 saturated carbocycles. The fourth-order valence-corrected chi connectivity index (χ4v) is 3.77. The van der Waals surface area contributed by atoms with Gasteiger partial charge < -0.3 is 14.4 Å². The quantitative estimate of drug-likeness (QED) is 0.838. The molecule has 1 aliphatic carbocycles. The summed E-state index contributed by atoms with van der Waals surface area (Å²) in [6, 6.07) is 4.35. The Morgan fingerprint density at radius 3 is 2.96 bits per heavy atom. The Morgan fingerprint density at radius 2 is 2.12 bits per heavy atom. The van der Waals surface area contributed by atoms with E-state index in [1.165, 1.54) is 0 Å². The minimum atomic E-state index is 0.217. The van der Waals surface area contributed by atoms with Crippen molar-refractivity contribution in [2.45, 2.75) is 31.6 Å². The van der Waals surface area contributed by atoms with Crippen LogP contribution in [0, 0.1) is 5.92 Å². The van der Waals surface area contributed by atoms with E-state index in [2.05, 4.69) is 19.9 Å². The van der Waals surface area contributed by atoms with Gasteiger partial charge in [-0.1, -0.05) is 6.07 Å². The molecule has 24 heavy (non-hydrogen) atoms. The molecule has 0 N–H and O–H groups in total. The average Bonchev–Trinajstić information content (AvgIpc) is 3.07. The van der Waals surface area contributed by atoms with E-state index < -0.39 is 0 Å². The predicted octanol–water partition coefficient (Wildman–Crippen LogP) is 2.07. The van der Waals surface area contributed by atoms with Gasteiger partial charge in [0.2, 0.25) is 0 Å². The van der Waals surface area contributed by atoms with Gasteiger partial charge in [0.25, 0.3) is 0 Å². The normalized spacial score (nSPS) is 26.3. The van der Waals surface area contributed by atoms with Crippen LogP contribution >= 0.6 is 0 Å². The maximum absolute atomic E-state index is 6.09. The SMILES string of the molecule is c1cncc(COC[C@@H]2CC[C@@H]3[C@H]2OCCN3c2cnccn2)c1. The first-order valence-corrected chi connectivity index (χ1v) is 8.53. The monoisotopic (exact) mass is 326 g/mol. The van der Waals surface area contributed by atoms with Crippen LogP contribution < -0.4 is 4.90 Å². The van der Waals surface area contributed by atoms with Crippen molar-refractivity contribution in [3.63, 3.8) is 0 Å². The fraction of sp³-hybridized carbons (Fsp3) is 0.500. The molecule has 0 aromatic carbocycles. The van der Waals surface area contributed by atoms with Crippen LogP contribution in [-0.4, -0.2) is 46.9 Å². The van der Waals surface area contributed by atoms with Crippen molar-refractivity contribution in [3.05, 3.63) is 48.7 Å². The Hall–Kier alpha value is -2.05. The molecule has 2 aliphatic rings. The molecule has 0 radical (unpaired) electrons. The summed E-state index contributed by atoms with van der Waals surface area (Å²) in [5.74, 6) is 1.39. The van der Waals surface area contributed by atoms with Crippen LogP contribution in [-0.2, 0) is 16.1 Å². The van der Waals surface area contributed by atoms with E-state index >= 15 is 0 Å². The number of fused-ring (bicyclic) bond motifs is 1. The number of hydrogen-bond acceptors (Lipinski definition) is 6. The number of pyridine rings is 1. The van der Waals surface area contributed by atoms with E-state index in [1.54, 1.807) is 18.6 Å². The van der Waals surface area contributed by atoms with Gasteiger partial charge >= 0.3 is 0 Å². The van der Waals surface area contributed by atoms with Crippen molar-refractivity contribution in [3.8, 4) is 0 Å². The van der Waals surface area contributed by atoms with Gasteiger partial charge in [-0.05, 0) is 24.5 Å². The van der Waals surface area contributed by atoms with E-state index in [1.807, 2.05) is 24.5 Å². The number of anilines is 1. The smallest absolute Gasteiger partial charge is 0.147 e. The second-order valence-electron chi connectivity index (χ2n) is 6.37. The van der Waals surface area contributed by atoms with Gasteiger partial charge in [-0.3, -0.25) is 9.97 Å². The third kappa shape index (κ3) is 3.25. The molecule has 2 aromatic rings. The summed E-state index contributed by atoms with van der Waals surface area (Å²) < 4.78 is 12.0. The van der Waals surface area contributed by atoms with Crippen molar-refractivity contribution >= 4 is 5.82 Å². The summed E-state index contributed by atoms with van der Waals surface area (Å²) >= 11 is 0. The molecule has 0 spiro atoms.